The van der Waals surface area contributed by atoms with E-state index in [-0.39, 0.29) is 0 Å². The molecule has 0 saturated heterocycles. The van der Waals surface area contributed by atoms with Gasteiger partial charge in [0.1, 0.15) is 12.2 Å². The van der Waals surface area contributed by atoms with Crippen molar-refractivity contribution in [3.63, 3.8) is 0 Å². The van der Waals surface area contributed by atoms with Gasteiger partial charge in [-0.1, -0.05) is 36.4 Å². The minimum atomic E-state index is -0.851. The van der Waals surface area contributed by atoms with Crippen molar-refractivity contribution in [2.24, 2.45) is 0 Å². The Balaban J connectivity index is 2.05. The molecule has 0 radical (unpaired) electrons. The highest BCUT2D eigenvalue weighted by Gasteiger charge is 2.20. The first-order chi connectivity index (χ1) is 11.6. The second kappa shape index (κ2) is 7.80. The summed E-state index contributed by atoms with van der Waals surface area (Å²) in [7, 11) is 0. The zero-order chi connectivity index (χ0) is 17.5. The van der Waals surface area contributed by atoms with E-state index < -0.39 is 18.4 Å². The van der Waals surface area contributed by atoms with E-state index in [1.807, 2.05) is 0 Å². The maximum absolute atomic E-state index is 12.0. The molecule has 0 amide bonds. The van der Waals surface area contributed by atoms with Gasteiger partial charge in [0.05, 0.1) is 23.3 Å². The largest absolute Gasteiger partial charge is 0.509 e. The molecule has 0 fully saturated rings. The zero-order valence-electron chi connectivity index (χ0n) is 13.4. The molecule has 5 heteroatoms. The molecule has 2 unspecified atom stereocenters. The Morgan fingerprint density at radius 2 is 1.21 bits per heavy atom. The van der Waals surface area contributed by atoms with Crippen molar-refractivity contribution < 1.29 is 14.3 Å². The number of nitrogens with zero attached hydrogens (tertiary/aromatic N) is 2. The monoisotopic (exact) mass is 320 g/mol. The van der Waals surface area contributed by atoms with Crippen LogP contribution in [-0.2, 0) is 9.47 Å². The molecule has 2 rings (SSSR count). The molecular formula is C19H16N2O3. The van der Waals surface area contributed by atoms with Gasteiger partial charge in [0.15, 0.2) is 0 Å². The standard InChI is InChI=1S/C19H16N2O3/c1-13(17-9-5-3-7-15(17)11-20)23-19(22)24-14(2)18-10-6-4-8-16(18)12-21/h3-10,13-14H,1-2H3. The minimum Gasteiger partial charge on any atom is -0.426 e. The van der Waals surface area contributed by atoms with E-state index in [1.54, 1.807) is 62.4 Å². The smallest absolute Gasteiger partial charge is 0.426 e. The summed E-state index contributed by atoms with van der Waals surface area (Å²) in [5.41, 5.74) is 2.12. The summed E-state index contributed by atoms with van der Waals surface area (Å²) < 4.78 is 10.5. The molecule has 0 aliphatic carbocycles. The second-order valence-corrected chi connectivity index (χ2v) is 5.17. The average Bonchev–Trinajstić information content (AvgIpc) is 2.61. The van der Waals surface area contributed by atoms with E-state index in [0.717, 1.165) is 0 Å². The van der Waals surface area contributed by atoms with Crippen molar-refractivity contribution in [2.45, 2.75) is 26.1 Å². The molecule has 0 spiro atoms. The number of ether oxygens (including phenoxy) is 2. The van der Waals surface area contributed by atoms with E-state index in [0.29, 0.717) is 22.3 Å². The Hall–Kier alpha value is -3.31. The fraction of sp³-hybridized carbons (Fsp3) is 0.211. The summed E-state index contributed by atoms with van der Waals surface area (Å²) in [6.07, 6.45) is -2.09. The first-order valence-corrected chi connectivity index (χ1v) is 7.42. The Kier molecular flexibility index (Phi) is 5.54. The lowest BCUT2D eigenvalue weighted by atomic mass is 10.0. The van der Waals surface area contributed by atoms with E-state index in [9.17, 15) is 4.79 Å². The average molecular weight is 320 g/mol. The Morgan fingerprint density at radius 1 is 0.833 bits per heavy atom. The topological polar surface area (TPSA) is 83.1 Å². The van der Waals surface area contributed by atoms with Crippen LogP contribution in [0.25, 0.3) is 0 Å². The van der Waals surface area contributed by atoms with E-state index in [4.69, 9.17) is 20.0 Å². The fourth-order valence-electron chi connectivity index (χ4n) is 2.35. The van der Waals surface area contributed by atoms with Crippen LogP contribution < -0.4 is 0 Å². The van der Waals surface area contributed by atoms with Crippen LogP contribution >= 0.6 is 0 Å². The van der Waals surface area contributed by atoms with Gasteiger partial charge in [-0.3, -0.25) is 0 Å². The minimum absolute atomic E-state index is 0.445. The van der Waals surface area contributed by atoms with Crippen LogP contribution in [0.2, 0.25) is 0 Å². The van der Waals surface area contributed by atoms with Gasteiger partial charge in [0.2, 0.25) is 0 Å². The van der Waals surface area contributed by atoms with E-state index >= 15 is 0 Å². The first-order valence-electron chi connectivity index (χ1n) is 7.42. The number of nitriles is 2. The van der Waals surface area contributed by atoms with E-state index in [1.165, 1.54) is 0 Å². The van der Waals surface area contributed by atoms with Crippen LogP contribution in [0.15, 0.2) is 48.5 Å². The molecular weight excluding hydrogens is 304 g/mol. The van der Waals surface area contributed by atoms with Crippen molar-refractivity contribution in [3.05, 3.63) is 70.8 Å². The Morgan fingerprint density at radius 3 is 1.58 bits per heavy atom. The summed E-state index contributed by atoms with van der Waals surface area (Å²) in [6.45, 7) is 3.34. The van der Waals surface area contributed by atoms with Crippen molar-refractivity contribution in [1.29, 1.82) is 10.5 Å². The van der Waals surface area contributed by atoms with Crippen molar-refractivity contribution in [3.8, 4) is 12.1 Å². The number of hydrogen-bond acceptors (Lipinski definition) is 5. The maximum atomic E-state index is 12.0. The van der Waals surface area contributed by atoms with Crippen LogP contribution in [0.3, 0.4) is 0 Å². The number of carbonyl (C=O) groups excluding carboxylic acids is 1. The molecule has 24 heavy (non-hydrogen) atoms. The molecule has 2 aromatic rings. The van der Waals surface area contributed by atoms with Gasteiger partial charge in [-0.2, -0.15) is 10.5 Å². The van der Waals surface area contributed by atoms with Gasteiger partial charge in [0, 0.05) is 11.1 Å². The molecule has 5 nitrogen and oxygen atoms in total. The number of hydrogen-bond donors (Lipinski definition) is 0. The SMILES string of the molecule is CC(OC(=O)OC(C)c1ccccc1C#N)c1ccccc1C#N. The molecule has 0 aromatic heterocycles. The van der Waals surface area contributed by atoms with Crippen molar-refractivity contribution in [2.75, 3.05) is 0 Å². The highest BCUT2D eigenvalue weighted by atomic mass is 16.7. The summed E-state index contributed by atoms with van der Waals surface area (Å²) in [4.78, 5) is 12.0. The van der Waals surface area contributed by atoms with Crippen LogP contribution in [0.5, 0.6) is 0 Å². The quantitative estimate of drug-likeness (QED) is 0.779. The normalized spacial score (nSPS) is 12.3. The third-order valence-electron chi connectivity index (χ3n) is 3.58. The third kappa shape index (κ3) is 3.91. The number of rotatable bonds is 4. The zero-order valence-corrected chi connectivity index (χ0v) is 13.4. The second-order valence-electron chi connectivity index (χ2n) is 5.17. The van der Waals surface area contributed by atoms with Gasteiger partial charge in [-0.05, 0) is 26.0 Å². The van der Waals surface area contributed by atoms with Crippen molar-refractivity contribution >= 4 is 6.16 Å². The van der Waals surface area contributed by atoms with Gasteiger partial charge in [-0.25, -0.2) is 4.79 Å². The molecule has 2 aromatic carbocycles. The predicted octanol–water partition coefficient (Wildman–Crippen LogP) is 4.41. The highest BCUT2D eigenvalue weighted by Crippen LogP contribution is 2.24. The molecule has 2 atom stereocenters. The number of carbonyl (C=O) groups is 1. The van der Waals surface area contributed by atoms with Crippen LogP contribution in [-0.4, -0.2) is 6.16 Å². The maximum Gasteiger partial charge on any atom is 0.509 e. The molecule has 0 bridgehead atoms. The molecule has 0 saturated carbocycles. The molecule has 0 aliphatic rings. The van der Waals surface area contributed by atoms with Gasteiger partial charge in [0.25, 0.3) is 0 Å². The van der Waals surface area contributed by atoms with Crippen LogP contribution in [0.1, 0.15) is 48.3 Å². The lowest BCUT2D eigenvalue weighted by molar-refractivity contribution is 0.00615. The van der Waals surface area contributed by atoms with Crippen molar-refractivity contribution in [1.82, 2.24) is 0 Å². The summed E-state index contributed by atoms with van der Waals surface area (Å²) >= 11 is 0. The molecule has 0 heterocycles. The molecule has 0 N–H and O–H groups in total. The molecule has 120 valence electrons. The lowest BCUT2D eigenvalue weighted by Crippen LogP contribution is -2.14. The van der Waals surface area contributed by atoms with Crippen LogP contribution in [0, 0.1) is 22.7 Å². The third-order valence-corrected chi connectivity index (χ3v) is 3.58. The fourth-order valence-corrected chi connectivity index (χ4v) is 2.35. The molecule has 0 aliphatic heterocycles. The number of benzene rings is 2. The van der Waals surface area contributed by atoms with E-state index in [2.05, 4.69) is 12.1 Å². The predicted molar refractivity (Wildman–Crippen MR) is 86.7 cm³/mol. The van der Waals surface area contributed by atoms with Gasteiger partial charge >= 0.3 is 6.16 Å². The Labute approximate surface area is 140 Å². The van der Waals surface area contributed by atoms with Gasteiger partial charge in [-0.15, -0.1) is 0 Å². The van der Waals surface area contributed by atoms with Crippen LogP contribution in [0.4, 0.5) is 4.79 Å². The highest BCUT2D eigenvalue weighted by molar-refractivity contribution is 5.61. The Bertz CT molecular complexity index is 750. The first kappa shape index (κ1) is 17.1. The van der Waals surface area contributed by atoms with Gasteiger partial charge < -0.3 is 9.47 Å². The summed E-state index contributed by atoms with van der Waals surface area (Å²) in [5, 5.41) is 18.2. The summed E-state index contributed by atoms with van der Waals surface area (Å²) in [5.74, 6) is 0. The lowest BCUT2D eigenvalue weighted by Gasteiger charge is -2.18. The summed E-state index contributed by atoms with van der Waals surface area (Å²) in [6, 6.07) is 17.9.